The lowest BCUT2D eigenvalue weighted by atomic mass is 9.74. The minimum absolute atomic E-state index is 0.139. The van der Waals surface area contributed by atoms with E-state index in [-0.39, 0.29) is 17.8 Å². The maximum absolute atomic E-state index is 12.6. The van der Waals surface area contributed by atoms with Crippen molar-refractivity contribution < 1.29 is 22.7 Å². The second-order valence-electron chi connectivity index (χ2n) is 5.55. The van der Waals surface area contributed by atoms with E-state index in [1.807, 2.05) is 0 Å². The molecule has 1 aromatic carbocycles. The largest absolute Gasteiger partial charge is 0.469 e. The van der Waals surface area contributed by atoms with E-state index in [1.54, 1.807) is 12.1 Å². The predicted molar refractivity (Wildman–Crippen MR) is 72.8 cm³/mol. The number of alkyl halides is 3. The number of carbonyl (C=O) groups excluding carboxylic acids is 1. The van der Waals surface area contributed by atoms with Gasteiger partial charge in [-0.2, -0.15) is 13.2 Å². The molecule has 0 spiro atoms. The number of hydrogen-bond acceptors (Lipinski definition) is 2. The highest BCUT2D eigenvalue weighted by Gasteiger charge is 2.32. The second-order valence-corrected chi connectivity index (χ2v) is 5.55. The lowest BCUT2D eigenvalue weighted by molar-refractivity contribution is -0.142. The molecule has 1 aromatic rings. The molecule has 0 amide bonds. The van der Waals surface area contributed by atoms with Crippen LogP contribution in [0.4, 0.5) is 13.2 Å². The van der Waals surface area contributed by atoms with Crippen molar-refractivity contribution in [3.05, 3.63) is 35.4 Å². The molecular formula is C16H19F3O2. The topological polar surface area (TPSA) is 26.3 Å². The van der Waals surface area contributed by atoms with Gasteiger partial charge in [0.25, 0.3) is 0 Å². The van der Waals surface area contributed by atoms with Gasteiger partial charge in [0.2, 0.25) is 0 Å². The molecular weight excluding hydrogens is 281 g/mol. The van der Waals surface area contributed by atoms with Gasteiger partial charge < -0.3 is 4.74 Å². The van der Waals surface area contributed by atoms with E-state index < -0.39 is 11.7 Å². The number of esters is 1. The lowest BCUT2D eigenvalue weighted by Gasteiger charge is -2.31. The van der Waals surface area contributed by atoms with Crippen LogP contribution in [0.25, 0.3) is 0 Å². The van der Waals surface area contributed by atoms with Crippen LogP contribution in [0.1, 0.15) is 49.1 Å². The molecule has 5 heteroatoms. The van der Waals surface area contributed by atoms with Crippen LogP contribution in [0.3, 0.4) is 0 Å². The summed E-state index contributed by atoms with van der Waals surface area (Å²) in [6.45, 7) is 0. The van der Waals surface area contributed by atoms with Gasteiger partial charge in [-0.1, -0.05) is 25.0 Å². The van der Waals surface area contributed by atoms with E-state index in [4.69, 9.17) is 4.74 Å². The Bertz CT molecular complexity index is 479. The Balaban J connectivity index is 2.15. The fourth-order valence-electron chi connectivity index (χ4n) is 3.11. The average molecular weight is 300 g/mol. The molecule has 1 unspecified atom stereocenters. The Morgan fingerprint density at radius 2 is 1.81 bits per heavy atom. The number of methoxy groups -OCH3 is 1. The summed E-state index contributed by atoms with van der Waals surface area (Å²) < 4.78 is 42.5. The predicted octanol–water partition coefficient (Wildman–Crippen LogP) is 4.54. The van der Waals surface area contributed by atoms with Crippen LogP contribution in [0.2, 0.25) is 0 Å². The number of rotatable bonds is 3. The summed E-state index contributed by atoms with van der Waals surface area (Å²) in [5.74, 6) is 0.0434. The maximum Gasteiger partial charge on any atom is 0.416 e. The Kier molecular flexibility index (Phi) is 4.91. The summed E-state index contributed by atoms with van der Waals surface area (Å²) in [6, 6.07) is 5.34. The number of hydrogen-bond donors (Lipinski definition) is 0. The van der Waals surface area contributed by atoms with E-state index in [0.29, 0.717) is 6.42 Å². The van der Waals surface area contributed by atoms with Crippen LogP contribution in [-0.4, -0.2) is 13.1 Å². The third-order valence-electron chi connectivity index (χ3n) is 4.23. The zero-order valence-corrected chi connectivity index (χ0v) is 12.0. The Hall–Kier alpha value is -1.52. The third-order valence-corrected chi connectivity index (χ3v) is 4.23. The van der Waals surface area contributed by atoms with Gasteiger partial charge in [-0.3, -0.25) is 4.79 Å². The van der Waals surface area contributed by atoms with Crippen LogP contribution in [-0.2, 0) is 15.7 Å². The first-order valence-corrected chi connectivity index (χ1v) is 7.16. The molecule has 1 fully saturated rings. The SMILES string of the molecule is COC(=O)C[C@H]1CCCCC1c1ccc(C(F)(F)F)cc1. The first-order chi connectivity index (χ1) is 9.91. The molecule has 2 nitrogen and oxygen atoms in total. The molecule has 1 saturated carbocycles. The van der Waals surface area contributed by atoms with Gasteiger partial charge in [0, 0.05) is 6.42 Å². The molecule has 2 rings (SSSR count). The second kappa shape index (κ2) is 6.50. The van der Waals surface area contributed by atoms with Crippen molar-refractivity contribution in [2.24, 2.45) is 5.92 Å². The molecule has 0 aromatic heterocycles. The summed E-state index contributed by atoms with van der Waals surface area (Å²) in [7, 11) is 1.36. The number of halogens is 3. The van der Waals surface area contributed by atoms with E-state index in [2.05, 4.69) is 0 Å². The summed E-state index contributed by atoms with van der Waals surface area (Å²) in [5, 5.41) is 0. The summed E-state index contributed by atoms with van der Waals surface area (Å²) in [5.41, 5.74) is 0.253. The third kappa shape index (κ3) is 3.99. The van der Waals surface area contributed by atoms with Gasteiger partial charge in [0.1, 0.15) is 0 Å². The molecule has 21 heavy (non-hydrogen) atoms. The summed E-state index contributed by atoms with van der Waals surface area (Å²) >= 11 is 0. The highest BCUT2D eigenvalue weighted by Crippen LogP contribution is 2.40. The van der Waals surface area contributed by atoms with Gasteiger partial charge in [-0.05, 0) is 42.4 Å². The minimum atomic E-state index is -4.31. The number of benzene rings is 1. The normalized spacial score (nSPS) is 22.9. The standard InChI is InChI=1S/C16H19F3O2/c1-21-15(20)10-12-4-2-3-5-14(12)11-6-8-13(9-7-11)16(17,18)19/h6-9,12,14H,2-5,10H2,1H3/t12-,14?/m1/s1. The highest BCUT2D eigenvalue weighted by atomic mass is 19.4. The van der Waals surface area contributed by atoms with Crippen molar-refractivity contribution in [3.63, 3.8) is 0 Å². The molecule has 116 valence electrons. The first-order valence-electron chi connectivity index (χ1n) is 7.16. The molecule has 0 radical (unpaired) electrons. The number of carbonyl (C=O) groups is 1. The molecule has 0 heterocycles. The zero-order chi connectivity index (χ0) is 15.5. The maximum atomic E-state index is 12.6. The van der Waals surface area contributed by atoms with Crippen molar-refractivity contribution in [2.75, 3.05) is 7.11 Å². The van der Waals surface area contributed by atoms with Gasteiger partial charge in [-0.25, -0.2) is 0 Å². The fraction of sp³-hybridized carbons (Fsp3) is 0.562. The monoisotopic (exact) mass is 300 g/mol. The van der Waals surface area contributed by atoms with Crippen LogP contribution in [0.15, 0.2) is 24.3 Å². The molecule has 2 atom stereocenters. The minimum Gasteiger partial charge on any atom is -0.469 e. The molecule has 1 aliphatic carbocycles. The van der Waals surface area contributed by atoms with Gasteiger partial charge in [0.05, 0.1) is 12.7 Å². The zero-order valence-electron chi connectivity index (χ0n) is 12.0. The van der Waals surface area contributed by atoms with Crippen LogP contribution in [0.5, 0.6) is 0 Å². The van der Waals surface area contributed by atoms with Gasteiger partial charge in [0.15, 0.2) is 0 Å². The summed E-state index contributed by atoms with van der Waals surface area (Å²) in [4.78, 5) is 11.5. The Labute approximate surface area is 122 Å². The molecule has 0 saturated heterocycles. The van der Waals surface area contributed by atoms with Crippen LogP contribution < -0.4 is 0 Å². The van der Waals surface area contributed by atoms with Crippen molar-refractivity contribution in [2.45, 2.75) is 44.2 Å². The van der Waals surface area contributed by atoms with Crippen LogP contribution in [0, 0.1) is 5.92 Å². The molecule has 1 aliphatic rings. The number of ether oxygens (including phenoxy) is 1. The lowest BCUT2D eigenvalue weighted by Crippen LogP contribution is -2.21. The van der Waals surface area contributed by atoms with E-state index in [9.17, 15) is 18.0 Å². The first kappa shape index (κ1) is 15.9. The highest BCUT2D eigenvalue weighted by molar-refractivity contribution is 5.69. The van der Waals surface area contributed by atoms with Gasteiger partial charge >= 0.3 is 12.1 Å². The van der Waals surface area contributed by atoms with E-state index in [0.717, 1.165) is 43.4 Å². The molecule has 0 aliphatic heterocycles. The fourth-order valence-corrected chi connectivity index (χ4v) is 3.11. The summed E-state index contributed by atoms with van der Waals surface area (Å²) in [6.07, 6.45) is -0.0470. The van der Waals surface area contributed by atoms with Crippen molar-refractivity contribution >= 4 is 5.97 Å². The van der Waals surface area contributed by atoms with E-state index in [1.165, 1.54) is 7.11 Å². The smallest absolute Gasteiger partial charge is 0.416 e. The van der Waals surface area contributed by atoms with Crippen molar-refractivity contribution in [1.29, 1.82) is 0 Å². The quantitative estimate of drug-likeness (QED) is 0.766. The van der Waals surface area contributed by atoms with Gasteiger partial charge in [-0.15, -0.1) is 0 Å². The average Bonchev–Trinajstić information content (AvgIpc) is 2.47. The Morgan fingerprint density at radius 3 is 2.38 bits per heavy atom. The van der Waals surface area contributed by atoms with Crippen molar-refractivity contribution in [1.82, 2.24) is 0 Å². The van der Waals surface area contributed by atoms with E-state index >= 15 is 0 Å². The Morgan fingerprint density at radius 1 is 1.19 bits per heavy atom. The molecule has 0 bridgehead atoms. The van der Waals surface area contributed by atoms with Crippen molar-refractivity contribution in [3.8, 4) is 0 Å². The molecule has 0 N–H and O–H groups in total. The van der Waals surface area contributed by atoms with Crippen LogP contribution >= 0.6 is 0 Å².